The molecule has 1 aliphatic carbocycles. The van der Waals surface area contributed by atoms with Crippen LogP contribution in [0.15, 0.2) is 12.1 Å². The van der Waals surface area contributed by atoms with Crippen LogP contribution in [-0.2, 0) is 4.74 Å². The van der Waals surface area contributed by atoms with Gasteiger partial charge in [0.25, 0.3) is 0 Å². The van der Waals surface area contributed by atoms with Crippen LogP contribution < -0.4 is 0 Å². The van der Waals surface area contributed by atoms with E-state index >= 15 is 0 Å². The number of aliphatic hydroxyl groups is 4. The van der Waals surface area contributed by atoms with Crippen molar-refractivity contribution in [1.82, 2.24) is 0 Å². The van der Waals surface area contributed by atoms with E-state index in [1.54, 1.807) is 0 Å². The first-order valence-electron chi connectivity index (χ1n) is 6.86. The Bertz CT molecular complexity index is 565. The number of aromatic hydroxyl groups is 3. The first kappa shape index (κ1) is 17.3. The molecular weight excluding hydrogens is 312 g/mol. The van der Waals surface area contributed by atoms with Crippen molar-refractivity contribution in [2.75, 3.05) is 6.61 Å². The number of benzene rings is 1. The summed E-state index contributed by atoms with van der Waals surface area (Å²) < 4.78 is 4.91. The zero-order chi connectivity index (χ0) is 17.3. The lowest BCUT2D eigenvalue weighted by Gasteiger charge is -2.37. The number of phenolic OH excluding ortho intramolecular Hbond substituents is 3. The van der Waals surface area contributed by atoms with E-state index < -0.39 is 53.6 Å². The fraction of sp³-hybridized carbons (Fsp3) is 0.500. The quantitative estimate of drug-likeness (QED) is 0.255. The summed E-state index contributed by atoms with van der Waals surface area (Å²) in [5, 5.41) is 66.3. The molecule has 0 amide bonds. The Kier molecular flexibility index (Phi) is 4.95. The SMILES string of the molecule is O=C(OC[C@H]1C[C@@H](O)[C@H](O)[C@@H](O)[C@@H]1O)c1cc(O)c(O)c(O)c1. The zero-order valence-corrected chi connectivity index (χ0v) is 11.9. The third-order valence-electron chi connectivity index (χ3n) is 3.86. The largest absolute Gasteiger partial charge is 0.504 e. The van der Waals surface area contributed by atoms with Gasteiger partial charge in [0, 0.05) is 5.92 Å². The maximum Gasteiger partial charge on any atom is 0.338 e. The number of carbonyl (C=O) groups excluding carboxylic acids is 1. The van der Waals surface area contributed by atoms with Crippen molar-refractivity contribution in [2.24, 2.45) is 5.92 Å². The van der Waals surface area contributed by atoms with Gasteiger partial charge in [-0.25, -0.2) is 4.79 Å². The molecule has 0 aliphatic heterocycles. The second-order valence-electron chi connectivity index (χ2n) is 5.50. The van der Waals surface area contributed by atoms with E-state index in [0.717, 1.165) is 12.1 Å². The molecule has 1 aliphatic rings. The molecule has 0 heterocycles. The molecule has 0 radical (unpaired) electrons. The van der Waals surface area contributed by atoms with Crippen LogP contribution in [0, 0.1) is 5.92 Å². The minimum Gasteiger partial charge on any atom is -0.504 e. The van der Waals surface area contributed by atoms with Crippen molar-refractivity contribution in [3.05, 3.63) is 17.7 Å². The lowest BCUT2D eigenvalue weighted by atomic mass is 9.81. The van der Waals surface area contributed by atoms with Gasteiger partial charge in [0.1, 0.15) is 12.2 Å². The summed E-state index contributed by atoms with van der Waals surface area (Å²) in [4.78, 5) is 11.9. The molecule has 7 N–H and O–H groups in total. The Labute approximate surface area is 130 Å². The highest BCUT2D eigenvalue weighted by atomic mass is 16.5. The van der Waals surface area contributed by atoms with E-state index in [4.69, 9.17) is 4.74 Å². The van der Waals surface area contributed by atoms with Gasteiger partial charge in [-0.1, -0.05) is 0 Å². The maximum atomic E-state index is 11.9. The van der Waals surface area contributed by atoms with Crippen molar-refractivity contribution in [1.29, 1.82) is 0 Å². The smallest absolute Gasteiger partial charge is 0.338 e. The lowest BCUT2D eigenvalue weighted by Crippen LogP contribution is -2.54. The Morgan fingerprint density at radius 2 is 1.57 bits per heavy atom. The van der Waals surface area contributed by atoms with Crippen LogP contribution in [0.2, 0.25) is 0 Å². The first-order valence-corrected chi connectivity index (χ1v) is 6.86. The van der Waals surface area contributed by atoms with E-state index in [-0.39, 0.29) is 18.6 Å². The lowest BCUT2D eigenvalue weighted by molar-refractivity contribution is -0.163. The number of hydrogen-bond donors (Lipinski definition) is 7. The number of hydrogen-bond acceptors (Lipinski definition) is 9. The summed E-state index contributed by atoms with van der Waals surface area (Å²) in [5.74, 6) is -3.93. The highest BCUT2D eigenvalue weighted by molar-refractivity contribution is 5.91. The van der Waals surface area contributed by atoms with Crippen LogP contribution in [0.5, 0.6) is 17.2 Å². The number of phenols is 3. The van der Waals surface area contributed by atoms with Gasteiger partial charge in [0.2, 0.25) is 0 Å². The minimum atomic E-state index is -1.57. The molecule has 0 aromatic heterocycles. The van der Waals surface area contributed by atoms with E-state index in [2.05, 4.69) is 0 Å². The Morgan fingerprint density at radius 3 is 2.13 bits per heavy atom. The van der Waals surface area contributed by atoms with Gasteiger partial charge in [-0.2, -0.15) is 0 Å². The topological polar surface area (TPSA) is 168 Å². The van der Waals surface area contributed by atoms with Gasteiger partial charge in [0.15, 0.2) is 17.2 Å². The van der Waals surface area contributed by atoms with Gasteiger partial charge in [-0.15, -0.1) is 0 Å². The second-order valence-corrected chi connectivity index (χ2v) is 5.50. The van der Waals surface area contributed by atoms with Crippen LogP contribution in [0.1, 0.15) is 16.8 Å². The molecular formula is C14H18O9. The first-order chi connectivity index (χ1) is 10.7. The van der Waals surface area contributed by atoms with Crippen LogP contribution in [0.3, 0.4) is 0 Å². The molecule has 9 heteroatoms. The van der Waals surface area contributed by atoms with Gasteiger partial charge in [-0.3, -0.25) is 0 Å². The highest BCUT2D eigenvalue weighted by Crippen LogP contribution is 2.35. The molecule has 0 saturated heterocycles. The molecule has 1 aromatic rings. The van der Waals surface area contributed by atoms with E-state index in [1.807, 2.05) is 0 Å². The monoisotopic (exact) mass is 330 g/mol. The zero-order valence-electron chi connectivity index (χ0n) is 11.9. The number of carbonyl (C=O) groups is 1. The normalized spacial score (nSPS) is 30.9. The van der Waals surface area contributed by atoms with Crippen molar-refractivity contribution in [2.45, 2.75) is 30.8 Å². The Hall–Kier alpha value is -2.07. The standard InChI is InChI=1S/C14H18O9/c15-7-1-5(2-8(16)11(7)19)14(22)23-4-6-3-9(17)12(20)13(21)10(6)18/h1-2,6,9-10,12-13,15-21H,3-4H2/t6-,9-,10-,12+,13+/m1/s1. The van der Waals surface area contributed by atoms with Crippen LogP contribution in [0.4, 0.5) is 0 Å². The summed E-state index contributed by atoms with van der Waals surface area (Å²) in [5.41, 5.74) is -0.232. The van der Waals surface area contributed by atoms with Crippen molar-refractivity contribution < 1.29 is 45.3 Å². The predicted molar refractivity (Wildman–Crippen MR) is 73.9 cm³/mol. The van der Waals surface area contributed by atoms with Gasteiger partial charge in [0.05, 0.1) is 24.4 Å². The Balaban J connectivity index is 2.02. The van der Waals surface area contributed by atoms with Crippen LogP contribution >= 0.6 is 0 Å². The Morgan fingerprint density at radius 1 is 1.00 bits per heavy atom. The second kappa shape index (κ2) is 6.59. The highest BCUT2D eigenvalue weighted by Gasteiger charge is 2.42. The molecule has 1 fully saturated rings. The maximum absolute atomic E-state index is 11.9. The van der Waals surface area contributed by atoms with Crippen molar-refractivity contribution in [3.8, 4) is 17.2 Å². The molecule has 2 rings (SSSR count). The molecule has 23 heavy (non-hydrogen) atoms. The van der Waals surface area contributed by atoms with E-state index in [9.17, 15) is 40.5 Å². The third-order valence-corrected chi connectivity index (χ3v) is 3.86. The number of esters is 1. The molecule has 128 valence electrons. The van der Waals surface area contributed by atoms with Crippen LogP contribution in [-0.4, -0.2) is 72.7 Å². The van der Waals surface area contributed by atoms with Crippen LogP contribution in [0.25, 0.3) is 0 Å². The molecule has 9 nitrogen and oxygen atoms in total. The van der Waals surface area contributed by atoms with Gasteiger partial charge < -0.3 is 40.5 Å². The molecule has 5 atom stereocenters. The van der Waals surface area contributed by atoms with E-state index in [1.165, 1.54) is 0 Å². The number of rotatable bonds is 3. The molecule has 0 bridgehead atoms. The third kappa shape index (κ3) is 3.48. The number of aliphatic hydroxyl groups excluding tert-OH is 4. The van der Waals surface area contributed by atoms with Crippen molar-refractivity contribution >= 4 is 5.97 Å². The summed E-state index contributed by atoms with van der Waals surface area (Å²) in [6.45, 7) is -0.358. The summed E-state index contributed by atoms with van der Waals surface area (Å²) in [7, 11) is 0. The predicted octanol–water partition coefficient (Wildman–Crippen LogP) is -1.58. The summed E-state index contributed by atoms with van der Waals surface area (Å²) in [6.07, 6.45) is -5.78. The average molecular weight is 330 g/mol. The van der Waals surface area contributed by atoms with Gasteiger partial charge in [-0.05, 0) is 18.6 Å². The average Bonchev–Trinajstić information content (AvgIpc) is 2.51. The molecule has 1 aromatic carbocycles. The van der Waals surface area contributed by atoms with E-state index in [0.29, 0.717) is 0 Å². The molecule has 0 spiro atoms. The molecule has 1 saturated carbocycles. The molecule has 0 unspecified atom stereocenters. The fourth-order valence-electron chi connectivity index (χ4n) is 2.45. The van der Waals surface area contributed by atoms with Crippen molar-refractivity contribution in [3.63, 3.8) is 0 Å². The number of ether oxygens (including phenoxy) is 1. The minimum absolute atomic E-state index is 0.0846. The fourth-order valence-corrected chi connectivity index (χ4v) is 2.45. The summed E-state index contributed by atoms with van der Waals surface area (Å²) >= 11 is 0. The summed E-state index contributed by atoms with van der Waals surface area (Å²) in [6, 6.07) is 1.78. The van der Waals surface area contributed by atoms with Gasteiger partial charge >= 0.3 is 5.97 Å².